The summed E-state index contributed by atoms with van der Waals surface area (Å²) in [7, 11) is 0. The van der Waals surface area contributed by atoms with E-state index < -0.39 is 0 Å². The minimum absolute atomic E-state index is 0.0294. The maximum Gasteiger partial charge on any atom is 0.130 e. The molecular weight excluding hydrogens is 339 g/mol. The molecule has 3 aliphatic carbocycles. The summed E-state index contributed by atoms with van der Waals surface area (Å²) in [5.74, 6) is 1.95. The van der Waals surface area contributed by atoms with Crippen molar-refractivity contribution in [3.8, 4) is 11.5 Å². The van der Waals surface area contributed by atoms with Gasteiger partial charge in [-0.2, -0.15) is 0 Å². The van der Waals surface area contributed by atoms with Crippen molar-refractivity contribution in [2.45, 2.75) is 63.6 Å². The van der Waals surface area contributed by atoms with Gasteiger partial charge in [0.05, 0.1) is 12.2 Å². The van der Waals surface area contributed by atoms with E-state index in [9.17, 15) is 4.39 Å². The molecule has 2 aromatic rings. The summed E-state index contributed by atoms with van der Waals surface area (Å²) in [6.45, 7) is 0.461. The van der Waals surface area contributed by atoms with Crippen LogP contribution in [0, 0.1) is 17.2 Å². The molecule has 3 heteroatoms. The molecule has 3 saturated carbocycles. The third-order valence-corrected chi connectivity index (χ3v) is 6.79. The fraction of sp³-hybridized carbons (Fsp3) is 0.500. The smallest absolute Gasteiger partial charge is 0.130 e. The predicted molar refractivity (Wildman–Crippen MR) is 103 cm³/mol. The number of fused-ring (bicyclic) bond motifs is 2. The third kappa shape index (κ3) is 3.75. The third-order valence-electron chi connectivity index (χ3n) is 6.79. The van der Waals surface area contributed by atoms with E-state index in [-0.39, 0.29) is 11.4 Å². The molecule has 27 heavy (non-hydrogen) atoms. The van der Waals surface area contributed by atoms with E-state index in [1.807, 2.05) is 36.4 Å². The first kappa shape index (κ1) is 17.2. The number of hydrogen-bond donors (Lipinski definition) is 0. The van der Waals surface area contributed by atoms with E-state index >= 15 is 0 Å². The van der Waals surface area contributed by atoms with Gasteiger partial charge >= 0.3 is 0 Å². The second-order valence-electron chi connectivity index (χ2n) is 9.01. The Balaban J connectivity index is 1.25. The first-order chi connectivity index (χ1) is 13.1. The van der Waals surface area contributed by atoms with E-state index in [2.05, 4.69) is 0 Å². The average Bonchev–Trinajstić information content (AvgIpc) is 3.29. The Morgan fingerprint density at radius 1 is 0.926 bits per heavy atom. The fourth-order valence-corrected chi connectivity index (χ4v) is 5.30. The van der Waals surface area contributed by atoms with Crippen molar-refractivity contribution in [2.24, 2.45) is 11.3 Å². The van der Waals surface area contributed by atoms with Gasteiger partial charge in [0.25, 0.3) is 0 Å². The van der Waals surface area contributed by atoms with E-state index in [1.165, 1.54) is 57.4 Å². The fourth-order valence-electron chi connectivity index (χ4n) is 5.30. The number of para-hydroxylation sites is 1. The van der Waals surface area contributed by atoms with Crippen LogP contribution in [-0.4, -0.2) is 5.60 Å². The van der Waals surface area contributed by atoms with E-state index in [0.29, 0.717) is 23.5 Å². The van der Waals surface area contributed by atoms with Gasteiger partial charge in [-0.05, 0) is 79.7 Å². The lowest BCUT2D eigenvalue weighted by Crippen LogP contribution is -2.26. The van der Waals surface area contributed by atoms with Crippen LogP contribution in [-0.2, 0) is 11.3 Å². The zero-order valence-corrected chi connectivity index (χ0v) is 15.8. The summed E-state index contributed by atoms with van der Waals surface area (Å²) >= 11 is 0. The Hall–Kier alpha value is -1.87. The summed E-state index contributed by atoms with van der Waals surface area (Å²) < 4.78 is 26.3. The molecule has 0 spiro atoms. The Morgan fingerprint density at radius 3 is 2.44 bits per heavy atom. The van der Waals surface area contributed by atoms with Gasteiger partial charge in [0.2, 0.25) is 0 Å². The number of benzene rings is 2. The monoisotopic (exact) mass is 366 g/mol. The van der Waals surface area contributed by atoms with Crippen molar-refractivity contribution >= 4 is 0 Å². The molecule has 142 valence electrons. The molecule has 3 fully saturated rings. The second-order valence-corrected chi connectivity index (χ2v) is 9.01. The van der Waals surface area contributed by atoms with Gasteiger partial charge in [0.15, 0.2) is 0 Å². The lowest BCUT2D eigenvalue weighted by molar-refractivity contribution is -0.0486. The highest BCUT2D eigenvalue weighted by Gasteiger charge is 2.55. The molecule has 0 saturated heterocycles. The molecule has 0 aromatic heterocycles. The highest BCUT2D eigenvalue weighted by molar-refractivity contribution is 5.34. The molecule has 0 N–H and O–H groups in total. The van der Waals surface area contributed by atoms with Crippen LogP contribution < -0.4 is 4.74 Å². The number of halogens is 1. The van der Waals surface area contributed by atoms with Crippen molar-refractivity contribution in [3.63, 3.8) is 0 Å². The van der Waals surface area contributed by atoms with Crippen molar-refractivity contribution in [1.82, 2.24) is 0 Å². The van der Waals surface area contributed by atoms with Crippen LogP contribution in [0.5, 0.6) is 11.5 Å². The summed E-state index contributed by atoms with van der Waals surface area (Å²) in [5.41, 5.74) is 1.42. The molecule has 0 amide bonds. The average molecular weight is 366 g/mol. The number of ether oxygens (including phenoxy) is 2. The van der Waals surface area contributed by atoms with Crippen LogP contribution in [0.15, 0.2) is 48.5 Å². The minimum Gasteiger partial charge on any atom is -0.457 e. The Labute approximate surface area is 160 Å². The molecule has 0 heterocycles. The van der Waals surface area contributed by atoms with Gasteiger partial charge in [0, 0.05) is 6.07 Å². The Kier molecular flexibility index (Phi) is 4.23. The molecule has 3 aliphatic rings. The van der Waals surface area contributed by atoms with Gasteiger partial charge in [-0.1, -0.05) is 31.0 Å². The second kappa shape index (κ2) is 6.63. The van der Waals surface area contributed by atoms with Crippen molar-refractivity contribution in [2.75, 3.05) is 0 Å². The number of rotatable bonds is 7. The van der Waals surface area contributed by atoms with Gasteiger partial charge < -0.3 is 9.47 Å². The SMILES string of the molecule is Fc1cc(COC23CCC(CC4CC4)(CC2)C3)cc(Oc2ccccc2)c1. The molecular formula is C24H27FO2. The quantitative estimate of drug-likeness (QED) is 0.547. The predicted octanol–water partition coefficient (Wildman–Crippen LogP) is 6.64. The van der Waals surface area contributed by atoms with Gasteiger partial charge in [-0.25, -0.2) is 4.39 Å². The summed E-state index contributed by atoms with van der Waals surface area (Å²) in [4.78, 5) is 0. The van der Waals surface area contributed by atoms with Gasteiger partial charge in [-0.15, -0.1) is 0 Å². The van der Waals surface area contributed by atoms with Crippen LogP contribution in [0.3, 0.4) is 0 Å². The number of hydrogen-bond acceptors (Lipinski definition) is 2. The van der Waals surface area contributed by atoms with Crippen LogP contribution in [0.2, 0.25) is 0 Å². The van der Waals surface area contributed by atoms with Crippen molar-refractivity contribution in [3.05, 3.63) is 59.9 Å². The molecule has 0 atom stereocenters. The first-order valence-electron chi connectivity index (χ1n) is 10.3. The molecule has 5 rings (SSSR count). The highest BCUT2D eigenvalue weighted by Crippen LogP contribution is 2.62. The lowest BCUT2D eigenvalue weighted by Gasteiger charge is -2.28. The zero-order valence-electron chi connectivity index (χ0n) is 15.8. The molecule has 2 nitrogen and oxygen atoms in total. The van der Waals surface area contributed by atoms with Crippen molar-refractivity contribution < 1.29 is 13.9 Å². The van der Waals surface area contributed by atoms with E-state index in [0.717, 1.165) is 11.5 Å². The van der Waals surface area contributed by atoms with E-state index in [1.54, 1.807) is 6.07 Å². The summed E-state index contributed by atoms with van der Waals surface area (Å²) in [6.07, 6.45) is 10.5. The molecule has 0 radical (unpaired) electrons. The minimum atomic E-state index is -0.277. The molecule has 2 bridgehead atoms. The topological polar surface area (TPSA) is 18.5 Å². The van der Waals surface area contributed by atoms with Crippen molar-refractivity contribution in [1.29, 1.82) is 0 Å². The lowest BCUT2D eigenvalue weighted by atomic mass is 9.79. The first-order valence-corrected chi connectivity index (χ1v) is 10.3. The molecule has 0 aliphatic heterocycles. The maximum absolute atomic E-state index is 14.1. The van der Waals surface area contributed by atoms with Crippen LogP contribution in [0.1, 0.15) is 56.9 Å². The Morgan fingerprint density at radius 2 is 1.70 bits per heavy atom. The summed E-state index contributed by atoms with van der Waals surface area (Å²) in [6, 6.07) is 14.4. The standard InChI is InChI=1S/C24H27FO2/c25-20-12-19(13-22(14-20)27-21-4-2-1-3-5-21)16-26-24-10-8-23(17-24,9-11-24)15-18-6-7-18/h1-5,12-14,18H,6-11,15-17H2. The Bertz CT molecular complexity index is 804. The van der Waals surface area contributed by atoms with Crippen LogP contribution in [0.4, 0.5) is 4.39 Å². The molecule has 2 aromatic carbocycles. The van der Waals surface area contributed by atoms with E-state index in [4.69, 9.17) is 9.47 Å². The maximum atomic E-state index is 14.1. The van der Waals surface area contributed by atoms with Crippen LogP contribution in [0.25, 0.3) is 0 Å². The van der Waals surface area contributed by atoms with Gasteiger partial charge in [0.1, 0.15) is 17.3 Å². The summed E-state index contributed by atoms with van der Waals surface area (Å²) in [5, 5.41) is 0. The van der Waals surface area contributed by atoms with Crippen LogP contribution >= 0.6 is 0 Å². The van der Waals surface area contributed by atoms with Gasteiger partial charge in [-0.3, -0.25) is 0 Å². The molecule has 0 unspecified atom stereocenters. The highest BCUT2D eigenvalue weighted by atomic mass is 19.1. The normalized spacial score (nSPS) is 29.2. The zero-order chi connectivity index (χ0) is 18.3. The largest absolute Gasteiger partial charge is 0.457 e.